The molecule has 7 nitrogen and oxygen atoms in total. The summed E-state index contributed by atoms with van der Waals surface area (Å²) in [5.41, 5.74) is 3.16. The van der Waals surface area contributed by atoms with Gasteiger partial charge in [-0.2, -0.15) is 5.10 Å². The van der Waals surface area contributed by atoms with E-state index in [0.29, 0.717) is 6.54 Å². The van der Waals surface area contributed by atoms with Crippen LogP contribution in [0.25, 0.3) is 0 Å². The average Bonchev–Trinajstić information content (AvgIpc) is 3.21. The number of anilines is 1. The number of nitrogens with one attached hydrogen (secondary N) is 2. The molecule has 1 aliphatic heterocycles. The first-order chi connectivity index (χ1) is 12.1. The molecule has 1 aliphatic rings. The van der Waals surface area contributed by atoms with Crippen LogP contribution >= 0.6 is 0 Å². The number of carbonyl (C=O) groups excluding carboxylic acids is 1. The molecule has 1 saturated heterocycles. The summed E-state index contributed by atoms with van der Waals surface area (Å²) in [6, 6.07) is 7.95. The maximum Gasteiger partial charge on any atom is 0.315 e. The van der Waals surface area contributed by atoms with Crippen LogP contribution in [0.5, 0.6) is 5.75 Å². The van der Waals surface area contributed by atoms with Gasteiger partial charge in [-0.1, -0.05) is 12.1 Å². The first-order valence-corrected chi connectivity index (χ1v) is 8.48. The maximum atomic E-state index is 12.2. The maximum absolute atomic E-state index is 12.2. The second kappa shape index (κ2) is 7.46. The number of nitrogens with zero attached hydrogens (tertiary/aromatic N) is 3. The number of carbonyl (C=O) groups is 1. The van der Waals surface area contributed by atoms with E-state index in [1.165, 1.54) is 0 Å². The van der Waals surface area contributed by atoms with Crippen LogP contribution in [0.2, 0.25) is 0 Å². The number of hydrogen-bond donors (Lipinski definition) is 2. The van der Waals surface area contributed by atoms with E-state index in [4.69, 9.17) is 4.74 Å². The third-order valence-electron chi connectivity index (χ3n) is 4.73. The van der Waals surface area contributed by atoms with Gasteiger partial charge in [0.2, 0.25) is 0 Å². The van der Waals surface area contributed by atoms with Crippen LogP contribution in [-0.2, 0) is 13.6 Å². The fraction of sp³-hybridized carbons (Fsp3) is 0.444. The third kappa shape index (κ3) is 3.87. The van der Waals surface area contributed by atoms with E-state index in [1.807, 2.05) is 38.2 Å². The molecule has 0 unspecified atom stereocenters. The highest BCUT2D eigenvalue weighted by Crippen LogP contribution is 2.30. The van der Waals surface area contributed by atoms with Crippen molar-refractivity contribution < 1.29 is 9.53 Å². The molecular weight excluding hydrogens is 318 g/mol. The second-order valence-electron chi connectivity index (χ2n) is 6.31. The molecule has 2 heterocycles. The van der Waals surface area contributed by atoms with Crippen molar-refractivity contribution in [1.82, 2.24) is 20.4 Å². The minimum absolute atomic E-state index is 0.125. The minimum atomic E-state index is -0.143. The van der Waals surface area contributed by atoms with E-state index in [1.54, 1.807) is 18.0 Å². The standard InChI is InChI=1S/C18H25N5O2/c1-13-14(11-20-22(13)2)10-19-18(24)21-15-8-9-23(12-15)16-6-4-5-7-17(16)25-3/h4-7,11,15H,8-10,12H2,1-3H3,(H2,19,21,24)/t15-/m1/s1. The van der Waals surface area contributed by atoms with Gasteiger partial charge >= 0.3 is 6.03 Å². The van der Waals surface area contributed by atoms with E-state index in [-0.39, 0.29) is 12.1 Å². The monoisotopic (exact) mass is 343 g/mol. The highest BCUT2D eigenvalue weighted by atomic mass is 16.5. The van der Waals surface area contributed by atoms with Gasteiger partial charge in [-0.25, -0.2) is 4.79 Å². The Labute approximate surface area is 148 Å². The molecule has 25 heavy (non-hydrogen) atoms. The van der Waals surface area contributed by atoms with E-state index in [0.717, 1.165) is 42.2 Å². The Hall–Kier alpha value is -2.70. The van der Waals surface area contributed by atoms with Gasteiger partial charge in [-0.15, -0.1) is 0 Å². The highest BCUT2D eigenvalue weighted by Gasteiger charge is 2.25. The Bertz CT molecular complexity index is 743. The van der Waals surface area contributed by atoms with Crippen LogP contribution in [0.15, 0.2) is 30.5 Å². The summed E-state index contributed by atoms with van der Waals surface area (Å²) in [6.07, 6.45) is 2.70. The molecule has 0 saturated carbocycles. The van der Waals surface area contributed by atoms with Crippen LogP contribution < -0.4 is 20.3 Å². The van der Waals surface area contributed by atoms with Gasteiger partial charge in [-0.05, 0) is 25.5 Å². The largest absolute Gasteiger partial charge is 0.495 e. The topological polar surface area (TPSA) is 71.4 Å². The molecule has 0 bridgehead atoms. The quantitative estimate of drug-likeness (QED) is 0.869. The van der Waals surface area contributed by atoms with Crippen molar-refractivity contribution in [3.05, 3.63) is 41.7 Å². The van der Waals surface area contributed by atoms with Crippen LogP contribution in [0.4, 0.5) is 10.5 Å². The molecule has 2 N–H and O–H groups in total. The molecule has 1 aromatic heterocycles. The number of benzene rings is 1. The normalized spacial score (nSPS) is 16.8. The van der Waals surface area contributed by atoms with E-state index >= 15 is 0 Å². The number of hydrogen-bond acceptors (Lipinski definition) is 4. The first-order valence-electron chi connectivity index (χ1n) is 8.48. The van der Waals surface area contributed by atoms with Crippen LogP contribution in [0.3, 0.4) is 0 Å². The molecule has 7 heteroatoms. The Kier molecular flexibility index (Phi) is 5.11. The smallest absolute Gasteiger partial charge is 0.315 e. The van der Waals surface area contributed by atoms with E-state index in [9.17, 15) is 4.79 Å². The summed E-state index contributed by atoms with van der Waals surface area (Å²) in [5.74, 6) is 0.861. The van der Waals surface area contributed by atoms with Crippen molar-refractivity contribution in [2.45, 2.75) is 25.9 Å². The molecule has 1 fully saturated rings. The van der Waals surface area contributed by atoms with E-state index in [2.05, 4.69) is 20.6 Å². The summed E-state index contributed by atoms with van der Waals surface area (Å²) in [5, 5.41) is 10.1. The predicted octanol–water partition coefficient (Wildman–Crippen LogP) is 1.82. The number of aryl methyl sites for hydroxylation is 1. The average molecular weight is 343 g/mol. The molecule has 0 radical (unpaired) electrons. The van der Waals surface area contributed by atoms with Crippen LogP contribution in [-0.4, -0.2) is 42.1 Å². The number of para-hydroxylation sites is 2. The molecule has 0 spiro atoms. The van der Waals surface area contributed by atoms with Gasteiger partial charge in [0, 0.05) is 44.0 Å². The lowest BCUT2D eigenvalue weighted by atomic mass is 10.2. The van der Waals surface area contributed by atoms with Gasteiger partial charge in [0.15, 0.2) is 0 Å². The lowest BCUT2D eigenvalue weighted by Crippen LogP contribution is -2.43. The van der Waals surface area contributed by atoms with E-state index < -0.39 is 0 Å². The molecular formula is C18H25N5O2. The fourth-order valence-corrected chi connectivity index (χ4v) is 3.12. The van der Waals surface area contributed by atoms with Crippen molar-refractivity contribution >= 4 is 11.7 Å². The lowest BCUT2D eigenvalue weighted by Gasteiger charge is -2.21. The molecule has 2 amide bonds. The number of amides is 2. The number of ether oxygens (including phenoxy) is 1. The van der Waals surface area contributed by atoms with Gasteiger partial charge < -0.3 is 20.3 Å². The Morgan fingerprint density at radius 2 is 2.20 bits per heavy atom. The van der Waals surface area contributed by atoms with Crippen molar-refractivity contribution in [2.75, 3.05) is 25.1 Å². The number of urea groups is 1. The molecule has 1 atom stereocenters. The SMILES string of the molecule is COc1ccccc1N1CC[C@@H](NC(=O)NCc2cnn(C)c2C)C1. The van der Waals surface area contributed by atoms with Crippen molar-refractivity contribution in [3.8, 4) is 5.75 Å². The zero-order valence-corrected chi connectivity index (χ0v) is 15.0. The first kappa shape index (κ1) is 17.1. The Morgan fingerprint density at radius 3 is 2.92 bits per heavy atom. The highest BCUT2D eigenvalue weighted by molar-refractivity contribution is 5.74. The summed E-state index contributed by atoms with van der Waals surface area (Å²) >= 11 is 0. The molecule has 0 aliphatic carbocycles. The van der Waals surface area contributed by atoms with Gasteiger partial charge in [-0.3, -0.25) is 4.68 Å². The fourth-order valence-electron chi connectivity index (χ4n) is 3.12. The molecule has 1 aromatic carbocycles. The number of aromatic nitrogens is 2. The summed E-state index contributed by atoms with van der Waals surface area (Å²) in [4.78, 5) is 14.4. The van der Waals surface area contributed by atoms with Crippen molar-refractivity contribution in [2.24, 2.45) is 7.05 Å². The predicted molar refractivity (Wildman–Crippen MR) is 96.9 cm³/mol. The number of rotatable bonds is 5. The molecule has 134 valence electrons. The molecule has 2 aromatic rings. The zero-order chi connectivity index (χ0) is 17.8. The Morgan fingerprint density at radius 1 is 1.40 bits per heavy atom. The van der Waals surface area contributed by atoms with Gasteiger partial charge in [0.05, 0.1) is 19.0 Å². The minimum Gasteiger partial charge on any atom is -0.495 e. The lowest BCUT2D eigenvalue weighted by molar-refractivity contribution is 0.237. The molecule has 3 rings (SSSR count). The van der Waals surface area contributed by atoms with Crippen LogP contribution in [0.1, 0.15) is 17.7 Å². The van der Waals surface area contributed by atoms with Gasteiger partial charge in [0.25, 0.3) is 0 Å². The van der Waals surface area contributed by atoms with Crippen molar-refractivity contribution in [3.63, 3.8) is 0 Å². The summed E-state index contributed by atoms with van der Waals surface area (Å²) in [6.45, 7) is 4.14. The van der Waals surface area contributed by atoms with Gasteiger partial charge in [0.1, 0.15) is 5.75 Å². The summed E-state index contributed by atoms with van der Waals surface area (Å²) < 4.78 is 7.23. The zero-order valence-electron chi connectivity index (χ0n) is 15.0. The van der Waals surface area contributed by atoms with Crippen LogP contribution in [0, 0.1) is 6.92 Å². The summed E-state index contributed by atoms with van der Waals surface area (Å²) in [7, 11) is 3.57. The van der Waals surface area contributed by atoms with Crippen molar-refractivity contribution in [1.29, 1.82) is 0 Å². The second-order valence-corrected chi connectivity index (χ2v) is 6.31. The third-order valence-corrected chi connectivity index (χ3v) is 4.73. The Balaban J connectivity index is 1.51. The number of methoxy groups -OCH3 is 1.